The molecule has 0 saturated heterocycles. The maximum atomic E-state index is 9.33. The lowest BCUT2D eigenvalue weighted by Crippen LogP contribution is -2.49. The molecular weight excluding hydrogens is 326 g/mol. The van der Waals surface area contributed by atoms with Gasteiger partial charge in [0, 0.05) is 19.1 Å². The van der Waals surface area contributed by atoms with Crippen LogP contribution < -0.4 is 0 Å². The summed E-state index contributed by atoms with van der Waals surface area (Å²) in [5, 5.41) is 21.2. The molecular formula is C22H31NO3. The van der Waals surface area contributed by atoms with Crippen LogP contribution in [0, 0.1) is 0 Å². The van der Waals surface area contributed by atoms with Gasteiger partial charge in [0.1, 0.15) is 0 Å². The summed E-state index contributed by atoms with van der Waals surface area (Å²) in [7, 11) is 0. The Hall–Kier alpha value is -1.46. The van der Waals surface area contributed by atoms with Gasteiger partial charge in [0.15, 0.2) is 0 Å². The molecule has 2 aromatic carbocycles. The highest BCUT2D eigenvalue weighted by atomic mass is 16.5. The molecule has 2 atom stereocenters. The van der Waals surface area contributed by atoms with E-state index in [2.05, 4.69) is 47.4 Å². The third kappa shape index (κ3) is 5.04. The van der Waals surface area contributed by atoms with Crippen LogP contribution in [0.5, 0.6) is 0 Å². The van der Waals surface area contributed by atoms with Crippen LogP contribution in [0.1, 0.15) is 31.2 Å². The Kier molecular flexibility index (Phi) is 7.44. The Bertz CT molecular complexity index is 669. The van der Waals surface area contributed by atoms with Crippen molar-refractivity contribution in [2.24, 2.45) is 0 Å². The molecule has 0 unspecified atom stereocenters. The lowest BCUT2D eigenvalue weighted by molar-refractivity contribution is -0.0419. The standard InChI is InChI=1S/C22H31NO3/c24-14-12-23(13-15-25)21-7-3-4-8-22(21)26-16-11-18-9-10-19-5-1-2-6-20(19)17-18/h1-2,5-6,9-10,17,21-22,24-25H,3-4,7-8,11-16H2/t21-,22-/m0/s1. The molecule has 0 bridgehead atoms. The summed E-state index contributed by atoms with van der Waals surface area (Å²) < 4.78 is 6.28. The molecule has 1 aliphatic carbocycles. The number of hydrogen-bond acceptors (Lipinski definition) is 4. The van der Waals surface area contributed by atoms with Crippen molar-refractivity contribution in [3.63, 3.8) is 0 Å². The Balaban J connectivity index is 1.57. The topological polar surface area (TPSA) is 52.9 Å². The maximum Gasteiger partial charge on any atom is 0.0730 e. The van der Waals surface area contributed by atoms with E-state index in [1.54, 1.807) is 0 Å². The Morgan fingerprint density at radius 3 is 2.42 bits per heavy atom. The van der Waals surface area contributed by atoms with Crippen molar-refractivity contribution in [3.8, 4) is 0 Å². The van der Waals surface area contributed by atoms with Crippen molar-refractivity contribution in [3.05, 3.63) is 48.0 Å². The van der Waals surface area contributed by atoms with E-state index >= 15 is 0 Å². The van der Waals surface area contributed by atoms with Gasteiger partial charge in [0.25, 0.3) is 0 Å². The first kappa shape index (κ1) is 19.3. The van der Waals surface area contributed by atoms with Crippen LogP contribution in [0.25, 0.3) is 10.8 Å². The number of fused-ring (bicyclic) bond motifs is 1. The Labute approximate surface area is 156 Å². The number of benzene rings is 2. The van der Waals surface area contributed by atoms with Crippen LogP contribution in [0.4, 0.5) is 0 Å². The smallest absolute Gasteiger partial charge is 0.0730 e. The molecule has 2 N–H and O–H groups in total. The zero-order valence-corrected chi connectivity index (χ0v) is 15.5. The number of rotatable bonds is 9. The average Bonchev–Trinajstić information content (AvgIpc) is 2.68. The van der Waals surface area contributed by atoms with E-state index < -0.39 is 0 Å². The van der Waals surface area contributed by atoms with Gasteiger partial charge in [0.05, 0.1) is 25.9 Å². The molecule has 0 heterocycles. The SMILES string of the molecule is OCCN(CCO)[C@H]1CCCC[C@@H]1OCCc1ccc2ccccc2c1. The summed E-state index contributed by atoms with van der Waals surface area (Å²) >= 11 is 0. The summed E-state index contributed by atoms with van der Waals surface area (Å²) in [6.45, 7) is 2.18. The molecule has 0 radical (unpaired) electrons. The molecule has 26 heavy (non-hydrogen) atoms. The quantitative estimate of drug-likeness (QED) is 0.724. The van der Waals surface area contributed by atoms with Crippen LogP contribution in [-0.4, -0.2) is 60.2 Å². The number of nitrogens with zero attached hydrogens (tertiary/aromatic N) is 1. The van der Waals surface area contributed by atoms with Crippen molar-refractivity contribution < 1.29 is 14.9 Å². The van der Waals surface area contributed by atoms with Gasteiger partial charge in [-0.15, -0.1) is 0 Å². The summed E-state index contributed by atoms with van der Waals surface area (Å²) in [4.78, 5) is 2.19. The molecule has 3 rings (SSSR count). The Morgan fingerprint density at radius 2 is 1.65 bits per heavy atom. The molecule has 1 fully saturated rings. The molecule has 142 valence electrons. The fourth-order valence-electron chi connectivity index (χ4n) is 4.11. The predicted molar refractivity (Wildman–Crippen MR) is 105 cm³/mol. The molecule has 2 aromatic rings. The first-order chi connectivity index (χ1) is 12.8. The minimum Gasteiger partial charge on any atom is -0.395 e. The van der Waals surface area contributed by atoms with Crippen LogP contribution in [0.2, 0.25) is 0 Å². The molecule has 0 amide bonds. The molecule has 1 aliphatic rings. The van der Waals surface area contributed by atoms with Gasteiger partial charge < -0.3 is 14.9 Å². The first-order valence-corrected chi connectivity index (χ1v) is 9.87. The minimum absolute atomic E-state index is 0.125. The van der Waals surface area contributed by atoms with E-state index in [9.17, 15) is 10.2 Å². The third-order valence-corrected chi connectivity index (χ3v) is 5.45. The van der Waals surface area contributed by atoms with E-state index in [4.69, 9.17) is 4.74 Å². The lowest BCUT2D eigenvalue weighted by Gasteiger charge is -2.39. The maximum absolute atomic E-state index is 9.33. The van der Waals surface area contributed by atoms with Crippen LogP contribution in [0.15, 0.2) is 42.5 Å². The van der Waals surface area contributed by atoms with Gasteiger partial charge in [-0.3, -0.25) is 4.90 Å². The van der Waals surface area contributed by atoms with Crippen LogP contribution >= 0.6 is 0 Å². The van der Waals surface area contributed by atoms with Gasteiger partial charge in [0.2, 0.25) is 0 Å². The summed E-state index contributed by atoms with van der Waals surface area (Å²) in [5.41, 5.74) is 1.30. The average molecular weight is 357 g/mol. The second-order valence-corrected chi connectivity index (χ2v) is 7.18. The van der Waals surface area contributed by atoms with Gasteiger partial charge in [-0.05, 0) is 35.6 Å². The van der Waals surface area contributed by atoms with Gasteiger partial charge in [-0.2, -0.15) is 0 Å². The van der Waals surface area contributed by atoms with Crippen molar-refractivity contribution in [2.45, 2.75) is 44.2 Å². The highest BCUT2D eigenvalue weighted by molar-refractivity contribution is 5.82. The normalized spacial score (nSPS) is 20.7. The largest absolute Gasteiger partial charge is 0.395 e. The van der Waals surface area contributed by atoms with E-state index in [0.717, 1.165) is 19.3 Å². The summed E-state index contributed by atoms with van der Waals surface area (Å²) in [6, 6.07) is 15.4. The fourth-order valence-corrected chi connectivity index (χ4v) is 4.11. The zero-order valence-electron chi connectivity index (χ0n) is 15.5. The Morgan fingerprint density at radius 1 is 0.923 bits per heavy atom. The third-order valence-electron chi connectivity index (χ3n) is 5.45. The molecule has 0 aromatic heterocycles. The molecule has 0 aliphatic heterocycles. The van der Waals surface area contributed by atoms with Gasteiger partial charge in [-0.25, -0.2) is 0 Å². The molecule has 0 spiro atoms. The number of ether oxygens (including phenoxy) is 1. The van der Waals surface area contributed by atoms with E-state index in [-0.39, 0.29) is 19.3 Å². The van der Waals surface area contributed by atoms with Gasteiger partial charge in [-0.1, -0.05) is 55.3 Å². The fraction of sp³-hybridized carbons (Fsp3) is 0.545. The van der Waals surface area contributed by atoms with E-state index in [1.165, 1.54) is 29.2 Å². The predicted octanol–water partition coefficient (Wildman–Crippen LogP) is 3.00. The second-order valence-electron chi connectivity index (χ2n) is 7.18. The van der Waals surface area contributed by atoms with Gasteiger partial charge >= 0.3 is 0 Å². The van der Waals surface area contributed by atoms with Crippen molar-refractivity contribution in [1.29, 1.82) is 0 Å². The van der Waals surface area contributed by atoms with E-state index in [1.807, 2.05) is 0 Å². The van der Waals surface area contributed by atoms with E-state index in [0.29, 0.717) is 25.7 Å². The lowest BCUT2D eigenvalue weighted by atomic mass is 9.91. The molecule has 1 saturated carbocycles. The number of aliphatic hydroxyl groups is 2. The van der Waals surface area contributed by atoms with Crippen molar-refractivity contribution >= 4 is 10.8 Å². The number of aliphatic hydroxyl groups excluding tert-OH is 2. The van der Waals surface area contributed by atoms with Crippen LogP contribution in [0.3, 0.4) is 0 Å². The highest BCUT2D eigenvalue weighted by Gasteiger charge is 2.30. The molecule has 4 nitrogen and oxygen atoms in total. The zero-order chi connectivity index (χ0) is 18.2. The minimum atomic E-state index is 0.125. The summed E-state index contributed by atoms with van der Waals surface area (Å²) in [6.07, 6.45) is 5.65. The van der Waals surface area contributed by atoms with Crippen LogP contribution in [-0.2, 0) is 11.2 Å². The molecule has 4 heteroatoms. The second kappa shape index (κ2) is 10.0. The number of hydrogen-bond donors (Lipinski definition) is 2. The van der Waals surface area contributed by atoms with Crippen molar-refractivity contribution in [1.82, 2.24) is 4.90 Å². The van der Waals surface area contributed by atoms with Crippen molar-refractivity contribution in [2.75, 3.05) is 32.9 Å². The first-order valence-electron chi connectivity index (χ1n) is 9.87. The monoisotopic (exact) mass is 357 g/mol. The highest BCUT2D eigenvalue weighted by Crippen LogP contribution is 2.26. The summed E-state index contributed by atoms with van der Waals surface area (Å²) in [5.74, 6) is 0.